The minimum absolute atomic E-state index is 0.372. The molecule has 0 radical (unpaired) electrons. The molecule has 0 aliphatic carbocycles. The van der Waals surface area contributed by atoms with E-state index in [1.165, 1.54) is 29.7 Å². The van der Waals surface area contributed by atoms with Gasteiger partial charge in [0.2, 0.25) is 0 Å². The van der Waals surface area contributed by atoms with Gasteiger partial charge in [0, 0.05) is 31.8 Å². The van der Waals surface area contributed by atoms with E-state index in [1.807, 2.05) is 0 Å². The molecule has 17 heavy (non-hydrogen) atoms. The molecule has 1 aliphatic rings. The van der Waals surface area contributed by atoms with Gasteiger partial charge in [-0.05, 0) is 43.0 Å². The second-order valence-corrected chi connectivity index (χ2v) is 4.96. The zero-order valence-corrected chi connectivity index (χ0v) is 11.3. The van der Waals surface area contributed by atoms with E-state index in [1.54, 1.807) is 7.11 Å². The van der Waals surface area contributed by atoms with Crippen molar-refractivity contribution in [2.24, 2.45) is 0 Å². The maximum absolute atomic E-state index is 5.88. The third-order valence-electron chi connectivity index (χ3n) is 3.55. The SMILES string of the molecule is COC1CCCN(c2ccc(CCl)c(C)c2)C1. The molecule has 3 heteroatoms. The Morgan fingerprint density at radius 1 is 1.47 bits per heavy atom. The lowest BCUT2D eigenvalue weighted by Gasteiger charge is -2.34. The molecule has 1 saturated heterocycles. The topological polar surface area (TPSA) is 12.5 Å². The number of nitrogens with zero attached hydrogens (tertiary/aromatic N) is 1. The predicted molar refractivity (Wildman–Crippen MR) is 73.0 cm³/mol. The lowest BCUT2D eigenvalue weighted by atomic mass is 10.0. The molecule has 0 saturated carbocycles. The van der Waals surface area contributed by atoms with Crippen molar-refractivity contribution in [3.8, 4) is 0 Å². The Labute approximate surface area is 109 Å². The molecule has 0 amide bonds. The summed E-state index contributed by atoms with van der Waals surface area (Å²) >= 11 is 5.88. The summed E-state index contributed by atoms with van der Waals surface area (Å²) in [6.45, 7) is 4.24. The first kappa shape index (κ1) is 12.7. The van der Waals surface area contributed by atoms with Gasteiger partial charge in [-0.25, -0.2) is 0 Å². The Morgan fingerprint density at radius 3 is 2.94 bits per heavy atom. The molecule has 1 aromatic rings. The van der Waals surface area contributed by atoms with Gasteiger partial charge in [-0.1, -0.05) is 6.07 Å². The van der Waals surface area contributed by atoms with Crippen molar-refractivity contribution >= 4 is 17.3 Å². The van der Waals surface area contributed by atoms with Gasteiger partial charge in [0.05, 0.1) is 6.10 Å². The summed E-state index contributed by atoms with van der Waals surface area (Å²) in [6, 6.07) is 6.53. The Morgan fingerprint density at radius 2 is 2.29 bits per heavy atom. The Kier molecular flexibility index (Phi) is 4.30. The van der Waals surface area contributed by atoms with Crippen LogP contribution in [-0.2, 0) is 10.6 Å². The van der Waals surface area contributed by atoms with Crippen LogP contribution in [0.15, 0.2) is 18.2 Å². The van der Waals surface area contributed by atoms with Crippen LogP contribution in [0.2, 0.25) is 0 Å². The summed E-state index contributed by atoms with van der Waals surface area (Å²) in [7, 11) is 1.80. The van der Waals surface area contributed by atoms with Gasteiger partial charge in [0.25, 0.3) is 0 Å². The van der Waals surface area contributed by atoms with Crippen LogP contribution in [0.1, 0.15) is 24.0 Å². The van der Waals surface area contributed by atoms with Gasteiger partial charge in [-0.15, -0.1) is 11.6 Å². The van der Waals surface area contributed by atoms with E-state index < -0.39 is 0 Å². The van der Waals surface area contributed by atoms with Gasteiger partial charge in [-0.3, -0.25) is 0 Å². The van der Waals surface area contributed by atoms with Crippen LogP contribution >= 0.6 is 11.6 Å². The molecule has 1 heterocycles. The second-order valence-electron chi connectivity index (χ2n) is 4.69. The smallest absolute Gasteiger partial charge is 0.0746 e. The number of halogens is 1. The van der Waals surface area contributed by atoms with E-state index in [4.69, 9.17) is 16.3 Å². The number of anilines is 1. The van der Waals surface area contributed by atoms with Crippen LogP contribution in [0.4, 0.5) is 5.69 Å². The van der Waals surface area contributed by atoms with Crippen molar-refractivity contribution in [2.75, 3.05) is 25.1 Å². The van der Waals surface area contributed by atoms with E-state index in [0.29, 0.717) is 12.0 Å². The van der Waals surface area contributed by atoms with Crippen molar-refractivity contribution in [3.05, 3.63) is 29.3 Å². The normalized spacial score (nSPS) is 20.6. The highest BCUT2D eigenvalue weighted by atomic mass is 35.5. The molecule has 1 aliphatic heterocycles. The molecular formula is C14H20ClNO. The number of methoxy groups -OCH3 is 1. The minimum Gasteiger partial charge on any atom is -0.380 e. The molecule has 1 unspecified atom stereocenters. The maximum Gasteiger partial charge on any atom is 0.0746 e. The lowest BCUT2D eigenvalue weighted by molar-refractivity contribution is 0.0893. The average Bonchev–Trinajstić information content (AvgIpc) is 2.38. The van der Waals surface area contributed by atoms with Crippen molar-refractivity contribution in [3.63, 3.8) is 0 Å². The standard InChI is InChI=1S/C14H20ClNO/c1-11-8-13(6-5-12(11)9-15)16-7-3-4-14(10-16)17-2/h5-6,8,14H,3-4,7,9-10H2,1-2H3. The zero-order chi connectivity index (χ0) is 12.3. The van der Waals surface area contributed by atoms with Crippen LogP contribution in [0.3, 0.4) is 0 Å². The monoisotopic (exact) mass is 253 g/mol. The number of rotatable bonds is 3. The van der Waals surface area contributed by atoms with Crippen LogP contribution in [0.5, 0.6) is 0 Å². The summed E-state index contributed by atoms with van der Waals surface area (Å²) in [5, 5.41) is 0. The van der Waals surface area contributed by atoms with Crippen LogP contribution in [-0.4, -0.2) is 26.3 Å². The number of hydrogen-bond donors (Lipinski definition) is 0. The molecule has 0 N–H and O–H groups in total. The summed E-state index contributed by atoms with van der Waals surface area (Å²) in [5.74, 6) is 0.590. The summed E-state index contributed by atoms with van der Waals surface area (Å²) in [6.07, 6.45) is 2.75. The van der Waals surface area contributed by atoms with Crippen LogP contribution in [0, 0.1) is 6.92 Å². The molecule has 0 bridgehead atoms. The van der Waals surface area contributed by atoms with Gasteiger partial charge in [0.15, 0.2) is 0 Å². The molecule has 2 nitrogen and oxygen atoms in total. The summed E-state index contributed by atoms with van der Waals surface area (Å²) < 4.78 is 5.46. The van der Waals surface area contributed by atoms with E-state index >= 15 is 0 Å². The summed E-state index contributed by atoms with van der Waals surface area (Å²) in [5.41, 5.74) is 3.78. The number of aryl methyl sites for hydroxylation is 1. The first-order valence-electron chi connectivity index (χ1n) is 6.18. The van der Waals surface area contributed by atoms with E-state index in [0.717, 1.165) is 13.1 Å². The summed E-state index contributed by atoms with van der Waals surface area (Å²) in [4.78, 5) is 2.41. The molecule has 1 fully saturated rings. The van der Waals surface area contributed by atoms with Crippen molar-refractivity contribution in [1.82, 2.24) is 0 Å². The van der Waals surface area contributed by atoms with Gasteiger partial charge in [-0.2, -0.15) is 0 Å². The van der Waals surface area contributed by atoms with E-state index in [9.17, 15) is 0 Å². The molecule has 1 aromatic carbocycles. The molecule has 0 aromatic heterocycles. The largest absolute Gasteiger partial charge is 0.380 e. The number of alkyl halides is 1. The van der Waals surface area contributed by atoms with Crippen LogP contribution < -0.4 is 4.90 Å². The van der Waals surface area contributed by atoms with Gasteiger partial charge < -0.3 is 9.64 Å². The Hall–Kier alpha value is -0.730. The third-order valence-corrected chi connectivity index (χ3v) is 3.83. The maximum atomic E-state index is 5.88. The van der Waals surface area contributed by atoms with Gasteiger partial charge >= 0.3 is 0 Å². The van der Waals surface area contributed by atoms with Gasteiger partial charge in [0.1, 0.15) is 0 Å². The molecular weight excluding hydrogens is 234 g/mol. The Balaban J connectivity index is 2.13. The van der Waals surface area contributed by atoms with Crippen molar-refractivity contribution < 1.29 is 4.74 Å². The van der Waals surface area contributed by atoms with Crippen molar-refractivity contribution in [2.45, 2.75) is 31.7 Å². The minimum atomic E-state index is 0.372. The molecule has 94 valence electrons. The second kappa shape index (κ2) is 5.74. The molecule has 1 atom stereocenters. The number of hydrogen-bond acceptors (Lipinski definition) is 2. The molecule has 2 rings (SSSR count). The van der Waals surface area contributed by atoms with Crippen molar-refractivity contribution in [1.29, 1.82) is 0 Å². The Bertz CT molecular complexity index is 380. The molecule has 0 spiro atoms. The first-order valence-corrected chi connectivity index (χ1v) is 6.71. The fourth-order valence-corrected chi connectivity index (χ4v) is 2.69. The van der Waals surface area contributed by atoms with E-state index in [-0.39, 0.29) is 0 Å². The van der Waals surface area contributed by atoms with Crippen LogP contribution in [0.25, 0.3) is 0 Å². The highest BCUT2D eigenvalue weighted by Crippen LogP contribution is 2.24. The quantitative estimate of drug-likeness (QED) is 0.766. The lowest BCUT2D eigenvalue weighted by Crippen LogP contribution is -2.39. The average molecular weight is 254 g/mol. The fraction of sp³-hybridized carbons (Fsp3) is 0.571. The fourth-order valence-electron chi connectivity index (χ4n) is 2.39. The number of benzene rings is 1. The number of ether oxygens (including phenoxy) is 1. The highest BCUT2D eigenvalue weighted by Gasteiger charge is 2.19. The predicted octanol–water partition coefficient (Wildman–Crippen LogP) is 3.35. The first-order chi connectivity index (χ1) is 8.24. The number of piperidine rings is 1. The third kappa shape index (κ3) is 2.93. The highest BCUT2D eigenvalue weighted by molar-refractivity contribution is 6.17. The van der Waals surface area contributed by atoms with E-state index in [2.05, 4.69) is 30.0 Å². The zero-order valence-electron chi connectivity index (χ0n) is 10.6.